The zero-order valence-electron chi connectivity index (χ0n) is 14.4. The molecular formula is C21H17FN4O. The van der Waals surface area contributed by atoms with Crippen LogP contribution in [-0.4, -0.2) is 21.1 Å². The van der Waals surface area contributed by atoms with Crippen LogP contribution >= 0.6 is 0 Å². The molecule has 0 fully saturated rings. The molecule has 1 atom stereocenters. The van der Waals surface area contributed by atoms with Crippen LogP contribution in [0.1, 0.15) is 27.7 Å². The maximum Gasteiger partial charge on any atom is 0.254 e. The molecule has 5 nitrogen and oxygen atoms in total. The third-order valence-electron chi connectivity index (χ3n) is 4.41. The average Bonchev–Trinajstić information content (AvgIpc) is 3.13. The Balaban J connectivity index is 1.70. The fourth-order valence-electron chi connectivity index (χ4n) is 3.09. The minimum absolute atomic E-state index is 0.0116. The van der Waals surface area contributed by atoms with Gasteiger partial charge in [0.05, 0.1) is 17.3 Å². The molecule has 0 bridgehead atoms. The van der Waals surface area contributed by atoms with Crippen LogP contribution in [0.2, 0.25) is 0 Å². The predicted octanol–water partition coefficient (Wildman–Crippen LogP) is 3.81. The highest BCUT2D eigenvalue weighted by atomic mass is 19.1. The smallest absolute Gasteiger partial charge is 0.254 e. The molecule has 0 radical (unpaired) electrons. The van der Waals surface area contributed by atoms with Gasteiger partial charge in [0.1, 0.15) is 5.82 Å². The first-order valence-electron chi connectivity index (χ1n) is 8.60. The predicted molar refractivity (Wildman–Crippen MR) is 101 cm³/mol. The molecule has 0 saturated carbocycles. The Hall–Kier alpha value is -3.54. The number of amides is 1. The monoisotopic (exact) mass is 360 g/mol. The second-order valence-corrected chi connectivity index (χ2v) is 6.21. The van der Waals surface area contributed by atoms with Gasteiger partial charge in [0.2, 0.25) is 0 Å². The Morgan fingerprint density at radius 3 is 2.63 bits per heavy atom. The molecule has 2 N–H and O–H groups in total. The number of nitrogens with zero attached hydrogens (tertiary/aromatic N) is 2. The van der Waals surface area contributed by atoms with Crippen molar-refractivity contribution in [2.45, 2.75) is 12.5 Å². The summed E-state index contributed by atoms with van der Waals surface area (Å²) in [6.07, 6.45) is 2.20. The number of aromatic amines is 1. The van der Waals surface area contributed by atoms with Crippen LogP contribution in [0, 0.1) is 5.82 Å². The van der Waals surface area contributed by atoms with Crippen molar-refractivity contribution in [3.8, 4) is 0 Å². The summed E-state index contributed by atoms with van der Waals surface area (Å²) in [6.45, 7) is 0. The summed E-state index contributed by atoms with van der Waals surface area (Å²) in [6, 6.07) is 19.0. The second kappa shape index (κ2) is 7.37. The van der Waals surface area contributed by atoms with E-state index in [0.29, 0.717) is 12.1 Å². The molecule has 0 aliphatic heterocycles. The normalized spacial score (nSPS) is 12.0. The summed E-state index contributed by atoms with van der Waals surface area (Å²) in [5.41, 5.74) is 2.37. The van der Waals surface area contributed by atoms with Crippen molar-refractivity contribution in [2.75, 3.05) is 0 Å². The minimum atomic E-state index is -0.551. The quantitative estimate of drug-likeness (QED) is 0.568. The van der Waals surface area contributed by atoms with Crippen LogP contribution in [0.3, 0.4) is 0 Å². The number of carbonyl (C=O) groups excluding carboxylic acids is 1. The molecule has 2 aromatic heterocycles. The number of carbonyl (C=O) groups is 1. The lowest BCUT2D eigenvalue weighted by Gasteiger charge is -2.18. The summed E-state index contributed by atoms with van der Waals surface area (Å²) >= 11 is 0. The van der Waals surface area contributed by atoms with Gasteiger partial charge < -0.3 is 5.32 Å². The Kier molecular flexibility index (Phi) is 4.61. The van der Waals surface area contributed by atoms with E-state index in [1.165, 1.54) is 12.1 Å². The SMILES string of the molecule is O=C(N[C@@H](Cc1ccccc1)c1[nH]nc2ncccc12)c1ccccc1F. The fraction of sp³-hybridized carbons (Fsp3) is 0.0952. The van der Waals surface area contributed by atoms with Crippen molar-refractivity contribution in [2.24, 2.45) is 0 Å². The first-order chi connectivity index (χ1) is 13.2. The molecule has 2 heterocycles. The van der Waals surface area contributed by atoms with Crippen molar-refractivity contribution in [3.05, 3.63) is 95.6 Å². The van der Waals surface area contributed by atoms with Gasteiger partial charge in [-0.2, -0.15) is 5.10 Å². The molecule has 0 unspecified atom stereocenters. The van der Waals surface area contributed by atoms with Gasteiger partial charge in [-0.25, -0.2) is 9.37 Å². The van der Waals surface area contributed by atoms with Crippen LogP contribution in [0.5, 0.6) is 0 Å². The van der Waals surface area contributed by atoms with Gasteiger partial charge in [-0.05, 0) is 36.2 Å². The molecule has 0 saturated heterocycles. The van der Waals surface area contributed by atoms with E-state index in [9.17, 15) is 9.18 Å². The van der Waals surface area contributed by atoms with E-state index in [2.05, 4.69) is 20.5 Å². The summed E-state index contributed by atoms with van der Waals surface area (Å²) in [5.74, 6) is -1.02. The van der Waals surface area contributed by atoms with E-state index in [0.717, 1.165) is 16.6 Å². The van der Waals surface area contributed by atoms with E-state index in [4.69, 9.17) is 0 Å². The van der Waals surface area contributed by atoms with Crippen LogP contribution < -0.4 is 5.32 Å². The van der Waals surface area contributed by atoms with Gasteiger partial charge in [-0.3, -0.25) is 9.89 Å². The van der Waals surface area contributed by atoms with Crippen molar-refractivity contribution >= 4 is 16.9 Å². The number of aromatic nitrogens is 3. The number of rotatable bonds is 5. The van der Waals surface area contributed by atoms with Gasteiger partial charge in [0.25, 0.3) is 5.91 Å². The maximum atomic E-state index is 14.0. The Morgan fingerprint density at radius 2 is 1.81 bits per heavy atom. The average molecular weight is 360 g/mol. The minimum Gasteiger partial charge on any atom is -0.343 e. The number of pyridine rings is 1. The lowest BCUT2D eigenvalue weighted by atomic mass is 10.0. The van der Waals surface area contributed by atoms with Gasteiger partial charge in [-0.1, -0.05) is 42.5 Å². The third kappa shape index (κ3) is 3.55. The molecular weight excluding hydrogens is 343 g/mol. The number of benzene rings is 2. The van der Waals surface area contributed by atoms with Gasteiger partial charge in [0.15, 0.2) is 5.65 Å². The van der Waals surface area contributed by atoms with Gasteiger partial charge >= 0.3 is 0 Å². The lowest BCUT2D eigenvalue weighted by Crippen LogP contribution is -2.31. The second-order valence-electron chi connectivity index (χ2n) is 6.21. The molecule has 0 aliphatic rings. The summed E-state index contributed by atoms with van der Waals surface area (Å²) in [7, 11) is 0. The Morgan fingerprint density at radius 1 is 1.04 bits per heavy atom. The van der Waals surface area contributed by atoms with Crippen LogP contribution in [0.25, 0.3) is 11.0 Å². The third-order valence-corrected chi connectivity index (χ3v) is 4.41. The van der Waals surface area contributed by atoms with E-state index < -0.39 is 17.8 Å². The summed E-state index contributed by atoms with van der Waals surface area (Å²) in [5, 5.41) is 11.0. The van der Waals surface area contributed by atoms with Crippen LogP contribution in [0.15, 0.2) is 72.9 Å². The highest BCUT2D eigenvalue weighted by Gasteiger charge is 2.22. The molecule has 0 aliphatic carbocycles. The zero-order chi connectivity index (χ0) is 18.6. The van der Waals surface area contributed by atoms with E-state index >= 15 is 0 Å². The summed E-state index contributed by atoms with van der Waals surface area (Å²) in [4.78, 5) is 16.9. The molecule has 27 heavy (non-hydrogen) atoms. The number of hydrogen-bond donors (Lipinski definition) is 2. The molecule has 6 heteroatoms. The maximum absolute atomic E-state index is 14.0. The standard InChI is InChI=1S/C21H17FN4O/c22-17-11-5-4-9-15(17)21(27)24-18(13-14-7-2-1-3-8-14)19-16-10-6-12-23-20(16)26-25-19/h1-12,18H,13H2,(H,24,27)(H,23,25,26)/t18-/m0/s1. The van der Waals surface area contributed by atoms with E-state index in [1.54, 1.807) is 18.3 Å². The number of hydrogen-bond acceptors (Lipinski definition) is 3. The molecule has 4 rings (SSSR count). The zero-order valence-corrected chi connectivity index (χ0v) is 14.4. The van der Waals surface area contributed by atoms with Crippen LogP contribution in [0.4, 0.5) is 4.39 Å². The molecule has 1 amide bonds. The largest absolute Gasteiger partial charge is 0.343 e. The Labute approximate surface area is 155 Å². The van der Waals surface area contributed by atoms with Crippen molar-refractivity contribution in [1.29, 1.82) is 0 Å². The summed E-state index contributed by atoms with van der Waals surface area (Å²) < 4.78 is 14.0. The number of nitrogens with one attached hydrogen (secondary N) is 2. The van der Waals surface area contributed by atoms with Gasteiger partial charge in [-0.15, -0.1) is 0 Å². The molecule has 0 spiro atoms. The van der Waals surface area contributed by atoms with E-state index in [1.807, 2.05) is 42.5 Å². The van der Waals surface area contributed by atoms with E-state index in [-0.39, 0.29) is 5.56 Å². The highest BCUT2D eigenvalue weighted by Crippen LogP contribution is 2.24. The van der Waals surface area contributed by atoms with Crippen molar-refractivity contribution < 1.29 is 9.18 Å². The van der Waals surface area contributed by atoms with Gasteiger partial charge in [0, 0.05) is 11.6 Å². The first kappa shape index (κ1) is 16.9. The lowest BCUT2D eigenvalue weighted by molar-refractivity contribution is 0.0932. The molecule has 4 aromatic rings. The number of H-pyrrole nitrogens is 1. The Bertz CT molecular complexity index is 1080. The van der Waals surface area contributed by atoms with Crippen molar-refractivity contribution in [1.82, 2.24) is 20.5 Å². The fourth-order valence-corrected chi connectivity index (χ4v) is 3.09. The van der Waals surface area contributed by atoms with Crippen LogP contribution in [-0.2, 0) is 6.42 Å². The molecule has 134 valence electrons. The van der Waals surface area contributed by atoms with Crippen molar-refractivity contribution in [3.63, 3.8) is 0 Å². The topological polar surface area (TPSA) is 70.7 Å². The highest BCUT2D eigenvalue weighted by molar-refractivity contribution is 5.95. The first-order valence-corrected chi connectivity index (χ1v) is 8.60. The number of halogens is 1. The number of fused-ring (bicyclic) bond motifs is 1. The molecule has 2 aromatic carbocycles.